The molecule has 0 aliphatic heterocycles. The molecule has 2 rings (SSSR count). The van der Waals surface area contributed by atoms with E-state index in [-0.39, 0.29) is 11.3 Å². The van der Waals surface area contributed by atoms with Gasteiger partial charge in [0.2, 0.25) is 0 Å². The van der Waals surface area contributed by atoms with Crippen LogP contribution in [0.2, 0.25) is 0 Å². The van der Waals surface area contributed by atoms with Crippen molar-refractivity contribution in [3.05, 3.63) is 22.5 Å². The van der Waals surface area contributed by atoms with E-state index in [1.165, 1.54) is 13.4 Å². The summed E-state index contributed by atoms with van der Waals surface area (Å²) < 4.78 is 2.15. The van der Waals surface area contributed by atoms with E-state index in [0.717, 1.165) is 9.08 Å². The van der Waals surface area contributed by atoms with E-state index in [0.29, 0.717) is 0 Å². The fourth-order valence-corrected chi connectivity index (χ4v) is 1.17. The highest BCUT2D eigenvalue weighted by Crippen LogP contribution is 2.01. The number of hydrogen-bond donors (Lipinski definition) is 0. The monoisotopic (exact) mass is 210 g/mol. The third-order valence-electron chi connectivity index (χ3n) is 1.69. The number of aryl methyl sites for hydroxylation is 1. The molecule has 0 unspecified atom stereocenters. The molecule has 0 saturated carbocycles. The average molecular weight is 210 g/mol. The van der Waals surface area contributed by atoms with E-state index >= 15 is 0 Å². The summed E-state index contributed by atoms with van der Waals surface area (Å²) >= 11 is 4.41. The van der Waals surface area contributed by atoms with Gasteiger partial charge < -0.3 is 17.4 Å². The SMILES string of the molecule is Cn1nnc2c(C(=O)[S-])ncn2c1=O. The number of carbonyl (C=O) groups is 1. The van der Waals surface area contributed by atoms with Crippen LogP contribution in [0.5, 0.6) is 0 Å². The van der Waals surface area contributed by atoms with Gasteiger partial charge in [-0.1, -0.05) is 5.21 Å². The van der Waals surface area contributed by atoms with Gasteiger partial charge in [-0.2, -0.15) is 4.68 Å². The second-order valence-electron chi connectivity index (χ2n) is 2.57. The zero-order valence-electron chi connectivity index (χ0n) is 7.04. The summed E-state index contributed by atoms with van der Waals surface area (Å²) in [5.74, 6) is 0. The van der Waals surface area contributed by atoms with E-state index < -0.39 is 10.8 Å². The number of carbonyl (C=O) groups excluding carboxylic acids is 1. The summed E-state index contributed by atoms with van der Waals surface area (Å²) in [7, 11) is 1.45. The average Bonchev–Trinajstić information content (AvgIpc) is 2.55. The first-order chi connectivity index (χ1) is 6.61. The van der Waals surface area contributed by atoms with Gasteiger partial charge in [0.1, 0.15) is 12.0 Å². The lowest BCUT2D eigenvalue weighted by molar-refractivity contribution is 0.108. The molecule has 2 aromatic rings. The molecule has 14 heavy (non-hydrogen) atoms. The molecule has 0 amide bonds. The van der Waals surface area contributed by atoms with Crippen molar-refractivity contribution in [2.75, 3.05) is 0 Å². The molecule has 2 heterocycles. The Kier molecular flexibility index (Phi) is 1.78. The van der Waals surface area contributed by atoms with Gasteiger partial charge in [-0.3, -0.25) is 0 Å². The van der Waals surface area contributed by atoms with Gasteiger partial charge in [0.15, 0.2) is 5.65 Å². The topological polar surface area (TPSA) is 82.2 Å². The number of aromatic nitrogens is 5. The molecular weight excluding hydrogens is 206 g/mol. The Balaban J connectivity index is 2.91. The smallest absolute Gasteiger partial charge is 0.352 e. The molecule has 0 aliphatic carbocycles. The molecule has 0 bridgehead atoms. The number of rotatable bonds is 1. The maximum Gasteiger partial charge on any atom is 0.352 e. The highest BCUT2D eigenvalue weighted by molar-refractivity contribution is 7.77. The van der Waals surface area contributed by atoms with Crippen LogP contribution in [0.3, 0.4) is 0 Å². The Bertz CT molecular complexity index is 571. The van der Waals surface area contributed by atoms with E-state index in [9.17, 15) is 9.59 Å². The minimum Gasteiger partial charge on any atom is -0.735 e. The first-order valence-electron chi connectivity index (χ1n) is 3.59. The fourth-order valence-electron chi connectivity index (χ4n) is 1.03. The summed E-state index contributed by atoms with van der Waals surface area (Å²) in [5.41, 5.74) is -0.358. The minimum atomic E-state index is -0.657. The van der Waals surface area contributed by atoms with E-state index in [1.54, 1.807) is 0 Å². The number of imidazole rings is 1. The largest absolute Gasteiger partial charge is 0.735 e. The lowest BCUT2D eigenvalue weighted by atomic mass is 10.5. The van der Waals surface area contributed by atoms with Crippen molar-refractivity contribution >= 4 is 23.4 Å². The summed E-state index contributed by atoms with van der Waals surface area (Å²) in [5, 5.41) is 6.51. The molecule has 0 fully saturated rings. The molecule has 0 atom stereocenters. The van der Waals surface area contributed by atoms with Gasteiger partial charge in [-0.15, -0.1) is 5.10 Å². The first-order valence-corrected chi connectivity index (χ1v) is 4.00. The maximum atomic E-state index is 11.4. The third kappa shape index (κ3) is 1.08. The molecule has 7 nitrogen and oxygen atoms in total. The van der Waals surface area contributed by atoms with Crippen LogP contribution in [0.25, 0.3) is 5.65 Å². The number of nitrogens with zero attached hydrogens (tertiary/aromatic N) is 5. The van der Waals surface area contributed by atoms with Crippen LogP contribution >= 0.6 is 0 Å². The predicted molar refractivity (Wildman–Crippen MR) is 47.7 cm³/mol. The lowest BCUT2D eigenvalue weighted by Gasteiger charge is -1.99. The molecule has 0 spiro atoms. The van der Waals surface area contributed by atoms with Crippen LogP contribution in [-0.2, 0) is 19.7 Å². The molecule has 0 aromatic carbocycles. The van der Waals surface area contributed by atoms with Crippen LogP contribution in [-0.4, -0.2) is 29.5 Å². The zero-order valence-corrected chi connectivity index (χ0v) is 7.85. The van der Waals surface area contributed by atoms with Crippen molar-refractivity contribution in [3.8, 4) is 0 Å². The third-order valence-corrected chi connectivity index (χ3v) is 1.89. The van der Waals surface area contributed by atoms with Gasteiger partial charge in [-0.25, -0.2) is 14.2 Å². The Morgan fingerprint density at radius 1 is 1.57 bits per heavy atom. The van der Waals surface area contributed by atoms with Crippen LogP contribution in [0.15, 0.2) is 11.1 Å². The van der Waals surface area contributed by atoms with Gasteiger partial charge in [-0.05, 0) is 0 Å². The summed E-state index contributed by atoms with van der Waals surface area (Å²) in [6.45, 7) is 0. The van der Waals surface area contributed by atoms with Gasteiger partial charge in [0, 0.05) is 7.05 Å². The Morgan fingerprint density at radius 2 is 2.29 bits per heavy atom. The number of fused-ring (bicyclic) bond motifs is 1. The van der Waals surface area contributed by atoms with E-state index in [2.05, 4.69) is 27.9 Å². The normalized spacial score (nSPS) is 10.6. The van der Waals surface area contributed by atoms with E-state index in [1.807, 2.05) is 0 Å². The molecule has 8 heteroatoms. The molecule has 72 valence electrons. The fraction of sp³-hybridized carbons (Fsp3) is 0.167. The van der Waals surface area contributed by atoms with Gasteiger partial charge >= 0.3 is 5.69 Å². The van der Waals surface area contributed by atoms with Crippen molar-refractivity contribution in [1.82, 2.24) is 24.4 Å². The van der Waals surface area contributed by atoms with Gasteiger partial charge in [0.05, 0.1) is 5.12 Å². The van der Waals surface area contributed by atoms with Crippen molar-refractivity contribution < 1.29 is 4.79 Å². The zero-order chi connectivity index (χ0) is 10.3. The molecular formula is C6H4N5O2S-. The van der Waals surface area contributed by atoms with Gasteiger partial charge in [0.25, 0.3) is 0 Å². The first kappa shape index (κ1) is 8.75. The minimum absolute atomic E-state index is 0.0230. The van der Waals surface area contributed by atoms with Crippen molar-refractivity contribution in [3.63, 3.8) is 0 Å². The second-order valence-corrected chi connectivity index (χ2v) is 2.94. The van der Waals surface area contributed by atoms with Crippen LogP contribution in [0, 0.1) is 0 Å². The maximum absolute atomic E-state index is 11.4. The van der Waals surface area contributed by atoms with Crippen molar-refractivity contribution in [1.29, 1.82) is 0 Å². The molecule has 0 saturated heterocycles. The summed E-state index contributed by atoms with van der Waals surface area (Å²) in [6, 6.07) is 0. The van der Waals surface area contributed by atoms with Crippen molar-refractivity contribution in [2.24, 2.45) is 7.05 Å². The lowest BCUT2D eigenvalue weighted by Crippen LogP contribution is -2.27. The quantitative estimate of drug-likeness (QED) is 0.533. The standard InChI is InChI=1S/C6H5N5O2S/c1-10-6(13)11-2-7-3(5(12)14)4(11)8-9-10/h2H,1H3,(H,12,14)/p-1. The predicted octanol–water partition coefficient (Wildman–Crippen LogP) is -1.49. The van der Waals surface area contributed by atoms with Crippen LogP contribution in [0.4, 0.5) is 0 Å². The van der Waals surface area contributed by atoms with Crippen molar-refractivity contribution in [2.45, 2.75) is 0 Å². The Hall–Kier alpha value is -1.83. The molecule has 0 N–H and O–H groups in total. The molecule has 0 aliphatic rings. The Labute approximate surface area is 82.8 Å². The Morgan fingerprint density at radius 3 is 2.93 bits per heavy atom. The van der Waals surface area contributed by atoms with E-state index in [4.69, 9.17) is 0 Å². The highest BCUT2D eigenvalue weighted by Gasteiger charge is 2.09. The molecule has 2 aromatic heterocycles. The number of hydrogen-bond acceptors (Lipinski definition) is 6. The molecule has 0 radical (unpaired) electrons. The highest BCUT2D eigenvalue weighted by atomic mass is 32.1. The summed E-state index contributed by atoms with van der Waals surface area (Å²) in [4.78, 5) is 26.0. The van der Waals surface area contributed by atoms with Crippen LogP contribution < -0.4 is 5.69 Å². The second kappa shape index (κ2) is 2.84. The van der Waals surface area contributed by atoms with Crippen LogP contribution in [0.1, 0.15) is 10.5 Å². The summed E-state index contributed by atoms with van der Waals surface area (Å²) in [6.07, 6.45) is 1.20.